The minimum Gasteiger partial charge on any atom is -0.389 e. The van der Waals surface area contributed by atoms with Crippen LogP contribution in [0.25, 0.3) is 0 Å². The number of amides is 1. The van der Waals surface area contributed by atoms with Gasteiger partial charge in [0.15, 0.2) is 0 Å². The zero-order valence-corrected chi connectivity index (χ0v) is 13.6. The van der Waals surface area contributed by atoms with Crippen LogP contribution < -0.4 is 15.8 Å². The fraction of sp³-hybridized carbons (Fsp3) is 0.455. The van der Waals surface area contributed by atoms with Crippen molar-refractivity contribution in [3.05, 3.63) is 17.0 Å². The second-order valence-electron chi connectivity index (χ2n) is 4.12. The van der Waals surface area contributed by atoms with Gasteiger partial charge in [0.05, 0.1) is 10.9 Å². The largest absolute Gasteiger partial charge is 0.389 e. The Balaban J connectivity index is 2.78. The van der Waals surface area contributed by atoms with Gasteiger partial charge in [-0.05, 0) is 25.5 Å². The van der Waals surface area contributed by atoms with Gasteiger partial charge in [0.1, 0.15) is 9.20 Å². The first-order chi connectivity index (χ1) is 9.27. The molecule has 1 rings (SSSR count). The van der Waals surface area contributed by atoms with Gasteiger partial charge in [-0.25, -0.2) is 8.42 Å². The molecule has 4 N–H and O–H groups in total. The summed E-state index contributed by atoms with van der Waals surface area (Å²) in [4.78, 5) is 12.3. The molecule has 0 saturated carbocycles. The van der Waals surface area contributed by atoms with Gasteiger partial charge in [0.25, 0.3) is 10.0 Å². The lowest BCUT2D eigenvalue weighted by Gasteiger charge is -2.13. The maximum atomic E-state index is 12.1. The molecule has 0 aliphatic heterocycles. The molecule has 9 heteroatoms. The average Bonchev–Trinajstić information content (AvgIpc) is 2.85. The molecular formula is C11H17N3O3S3. The second-order valence-corrected chi connectivity index (χ2v) is 7.58. The molecule has 0 radical (unpaired) electrons. The Hall–Kier alpha value is -1.03. The van der Waals surface area contributed by atoms with Crippen LogP contribution >= 0.6 is 23.6 Å². The predicted molar refractivity (Wildman–Crippen MR) is 83.3 cm³/mol. The summed E-state index contributed by atoms with van der Waals surface area (Å²) in [6, 6.07) is 2.11. The fourth-order valence-corrected chi connectivity index (χ4v) is 3.91. The highest BCUT2D eigenvalue weighted by Crippen LogP contribution is 2.21. The minimum absolute atomic E-state index is 0.0791. The fourth-order valence-electron chi connectivity index (χ4n) is 1.34. The van der Waals surface area contributed by atoms with Gasteiger partial charge >= 0.3 is 0 Å². The lowest BCUT2D eigenvalue weighted by molar-refractivity contribution is -0.122. The van der Waals surface area contributed by atoms with E-state index in [-0.39, 0.29) is 15.1 Å². The Labute approximate surface area is 127 Å². The highest BCUT2D eigenvalue weighted by Gasteiger charge is 2.23. The van der Waals surface area contributed by atoms with Gasteiger partial charge in [-0.3, -0.25) is 4.79 Å². The Morgan fingerprint density at radius 1 is 1.50 bits per heavy atom. The second kappa shape index (κ2) is 7.11. The van der Waals surface area contributed by atoms with Crippen molar-refractivity contribution in [1.82, 2.24) is 10.0 Å². The SMILES string of the molecule is CCCNC(=O)C(C)NS(=O)(=O)c1ccc(C(N)=S)s1. The zero-order valence-electron chi connectivity index (χ0n) is 11.2. The van der Waals surface area contributed by atoms with Crippen LogP contribution in [0.15, 0.2) is 16.3 Å². The van der Waals surface area contributed by atoms with E-state index in [4.69, 9.17) is 18.0 Å². The van der Waals surface area contributed by atoms with Gasteiger partial charge in [-0.2, -0.15) is 4.72 Å². The Morgan fingerprint density at radius 2 is 2.15 bits per heavy atom. The van der Waals surface area contributed by atoms with Crippen molar-refractivity contribution < 1.29 is 13.2 Å². The summed E-state index contributed by atoms with van der Waals surface area (Å²) < 4.78 is 26.6. The average molecular weight is 335 g/mol. The van der Waals surface area contributed by atoms with E-state index in [1.54, 1.807) is 6.07 Å². The van der Waals surface area contributed by atoms with E-state index in [0.29, 0.717) is 11.4 Å². The number of hydrogen-bond acceptors (Lipinski definition) is 5. The van der Waals surface area contributed by atoms with Gasteiger partial charge in [-0.1, -0.05) is 19.1 Å². The zero-order chi connectivity index (χ0) is 15.3. The molecule has 0 saturated heterocycles. The molecule has 1 aromatic heterocycles. The summed E-state index contributed by atoms with van der Waals surface area (Å²) in [5, 5.41) is 2.63. The molecule has 0 aliphatic carbocycles. The van der Waals surface area contributed by atoms with E-state index in [9.17, 15) is 13.2 Å². The smallest absolute Gasteiger partial charge is 0.250 e. The van der Waals surface area contributed by atoms with Crippen LogP contribution in [0.4, 0.5) is 0 Å². The summed E-state index contributed by atoms with van der Waals surface area (Å²) in [7, 11) is -3.75. The van der Waals surface area contributed by atoms with Crippen molar-refractivity contribution in [2.75, 3.05) is 6.54 Å². The van der Waals surface area contributed by atoms with Crippen molar-refractivity contribution in [3.63, 3.8) is 0 Å². The molecule has 1 amide bonds. The third-order valence-electron chi connectivity index (χ3n) is 2.36. The highest BCUT2D eigenvalue weighted by atomic mass is 32.2. The summed E-state index contributed by atoms with van der Waals surface area (Å²) >= 11 is 5.76. The number of carbonyl (C=O) groups is 1. The first-order valence-corrected chi connectivity index (χ1v) is 8.68. The lowest BCUT2D eigenvalue weighted by atomic mass is 10.3. The van der Waals surface area contributed by atoms with Gasteiger partial charge in [-0.15, -0.1) is 11.3 Å². The summed E-state index contributed by atoms with van der Waals surface area (Å²) in [5.41, 5.74) is 5.44. The monoisotopic (exact) mass is 335 g/mol. The molecule has 0 spiro atoms. The van der Waals surface area contributed by atoms with E-state index in [1.807, 2.05) is 6.92 Å². The first-order valence-electron chi connectivity index (χ1n) is 5.97. The summed E-state index contributed by atoms with van der Waals surface area (Å²) in [6.07, 6.45) is 0.785. The quantitative estimate of drug-likeness (QED) is 0.633. The van der Waals surface area contributed by atoms with Gasteiger partial charge < -0.3 is 11.1 Å². The van der Waals surface area contributed by atoms with E-state index in [1.165, 1.54) is 13.0 Å². The van der Waals surface area contributed by atoms with Crippen LogP contribution in [0, 0.1) is 0 Å². The molecule has 6 nitrogen and oxygen atoms in total. The van der Waals surface area contributed by atoms with Crippen LogP contribution in [-0.4, -0.2) is 31.9 Å². The highest BCUT2D eigenvalue weighted by molar-refractivity contribution is 7.91. The number of carbonyl (C=O) groups excluding carboxylic acids is 1. The van der Waals surface area contributed by atoms with Gasteiger partial charge in [0.2, 0.25) is 5.91 Å². The van der Waals surface area contributed by atoms with Crippen molar-refractivity contribution in [3.8, 4) is 0 Å². The topological polar surface area (TPSA) is 101 Å². The minimum atomic E-state index is -3.75. The Bertz CT molecular complexity index is 595. The van der Waals surface area contributed by atoms with E-state index >= 15 is 0 Å². The Morgan fingerprint density at radius 3 is 2.65 bits per heavy atom. The molecule has 0 bridgehead atoms. The van der Waals surface area contributed by atoms with E-state index < -0.39 is 16.1 Å². The number of nitrogens with one attached hydrogen (secondary N) is 2. The number of sulfonamides is 1. The molecular weight excluding hydrogens is 318 g/mol. The Kier molecular flexibility index (Phi) is 6.06. The summed E-state index contributed by atoms with van der Waals surface area (Å²) in [6.45, 7) is 3.91. The third kappa shape index (κ3) is 4.51. The number of hydrogen-bond donors (Lipinski definition) is 3. The van der Waals surface area contributed by atoms with Gasteiger partial charge in [0, 0.05) is 6.54 Å². The molecule has 1 atom stereocenters. The normalized spacial score (nSPS) is 12.9. The number of thiophene rings is 1. The number of rotatable bonds is 7. The molecule has 0 fully saturated rings. The summed E-state index contributed by atoms with van der Waals surface area (Å²) in [5.74, 6) is -0.360. The first kappa shape index (κ1) is 17.0. The number of nitrogens with two attached hydrogens (primary N) is 1. The molecule has 1 aromatic rings. The molecule has 0 aromatic carbocycles. The molecule has 1 heterocycles. The van der Waals surface area contributed by atoms with E-state index in [0.717, 1.165) is 17.8 Å². The van der Waals surface area contributed by atoms with Crippen molar-refractivity contribution >= 4 is 44.5 Å². The number of thiocarbonyl (C=S) groups is 1. The lowest BCUT2D eigenvalue weighted by Crippen LogP contribution is -2.44. The molecule has 0 aliphatic rings. The van der Waals surface area contributed by atoms with Crippen LogP contribution in [0.5, 0.6) is 0 Å². The molecule has 1 unspecified atom stereocenters. The molecule has 112 valence electrons. The predicted octanol–water partition coefficient (Wildman–Crippen LogP) is 0.575. The van der Waals surface area contributed by atoms with Crippen LogP contribution in [0.1, 0.15) is 25.1 Å². The third-order valence-corrected chi connectivity index (χ3v) is 5.86. The van der Waals surface area contributed by atoms with Crippen LogP contribution in [-0.2, 0) is 14.8 Å². The maximum Gasteiger partial charge on any atom is 0.250 e. The standard InChI is InChI=1S/C11H17N3O3S3/c1-3-6-13-11(15)7(2)14-20(16,17)9-5-4-8(19-9)10(12)18/h4-5,7,14H,3,6H2,1-2H3,(H2,12,18)(H,13,15). The maximum absolute atomic E-state index is 12.1. The van der Waals surface area contributed by atoms with Crippen molar-refractivity contribution in [2.45, 2.75) is 30.5 Å². The molecule has 20 heavy (non-hydrogen) atoms. The van der Waals surface area contributed by atoms with Crippen molar-refractivity contribution in [2.24, 2.45) is 5.73 Å². The van der Waals surface area contributed by atoms with Crippen molar-refractivity contribution in [1.29, 1.82) is 0 Å². The van der Waals surface area contributed by atoms with E-state index in [2.05, 4.69) is 10.0 Å². The van der Waals surface area contributed by atoms with Crippen LogP contribution in [0.3, 0.4) is 0 Å². The van der Waals surface area contributed by atoms with Crippen LogP contribution in [0.2, 0.25) is 0 Å².